The summed E-state index contributed by atoms with van der Waals surface area (Å²) in [6.07, 6.45) is 4.48. The van der Waals surface area contributed by atoms with Gasteiger partial charge in [-0.1, -0.05) is 54.6 Å². The first-order valence-electron chi connectivity index (χ1n) is 10.1. The fourth-order valence-electron chi connectivity index (χ4n) is 3.83. The quantitative estimate of drug-likeness (QED) is 0.667. The van der Waals surface area contributed by atoms with E-state index in [0.717, 1.165) is 32.4 Å². The van der Waals surface area contributed by atoms with Gasteiger partial charge in [-0.2, -0.15) is 0 Å². The first kappa shape index (κ1) is 20.1. The molecule has 1 aliphatic heterocycles. The second kappa shape index (κ2) is 10.1. The highest BCUT2D eigenvalue weighted by Crippen LogP contribution is 2.24. The zero-order valence-electron chi connectivity index (χ0n) is 16.6. The molecular formula is C24H29NO3. The smallest absolute Gasteiger partial charge is 0.305 e. The zero-order valence-corrected chi connectivity index (χ0v) is 16.6. The number of benzene rings is 2. The lowest BCUT2D eigenvalue weighted by Crippen LogP contribution is -2.38. The van der Waals surface area contributed by atoms with Gasteiger partial charge in [0.15, 0.2) is 0 Å². The van der Waals surface area contributed by atoms with Crippen molar-refractivity contribution >= 4 is 11.9 Å². The number of hydrogen-bond donors (Lipinski definition) is 0. The fourth-order valence-corrected chi connectivity index (χ4v) is 3.83. The van der Waals surface area contributed by atoms with Crippen molar-refractivity contribution in [3.05, 3.63) is 60.2 Å². The molecule has 0 spiro atoms. The van der Waals surface area contributed by atoms with Crippen LogP contribution in [-0.2, 0) is 20.7 Å². The van der Waals surface area contributed by atoms with Crippen LogP contribution in [0.1, 0.15) is 37.7 Å². The number of carbonyl (C=O) groups excluding carboxylic acids is 2. The minimum Gasteiger partial charge on any atom is -0.469 e. The Morgan fingerprint density at radius 2 is 1.57 bits per heavy atom. The van der Waals surface area contributed by atoms with Gasteiger partial charge in [-0.05, 0) is 48.3 Å². The third-order valence-corrected chi connectivity index (χ3v) is 5.55. The third kappa shape index (κ3) is 5.69. The average Bonchev–Trinajstić information content (AvgIpc) is 2.75. The number of nitrogens with zero attached hydrogens (tertiary/aromatic N) is 1. The maximum Gasteiger partial charge on any atom is 0.305 e. The molecule has 2 aromatic carbocycles. The van der Waals surface area contributed by atoms with Crippen molar-refractivity contribution < 1.29 is 14.3 Å². The molecule has 28 heavy (non-hydrogen) atoms. The van der Waals surface area contributed by atoms with Crippen LogP contribution in [-0.4, -0.2) is 37.0 Å². The summed E-state index contributed by atoms with van der Waals surface area (Å²) in [6.45, 7) is 1.65. The maximum absolute atomic E-state index is 12.3. The Morgan fingerprint density at radius 1 is 0.929 bits per heavy atom. The fraction of sp³-hybridized carbons (Fsp3) is 0.417. The summed E-state index contributed by atoms with van der Waals surface area (Å²) in [5, 5.41) is 0. The van der Waals surface area contributed by atoms with Gasteiger partial charge in [-0.25, -0.2) is 0 Å². The monoisotopic (exact) mass is 379 g/mol. The van der Waals surface area contributed by atoms with E-state index in [1.165, 1.54) is 23.8 Å². The van der Waals surface area contributed by atoms with Gasteiger partial charge in [0, 0.05) is 25.9 Å². The Kier molecular flexibility index (Phi) is 7.24. The van der Waals surface area contributed by atoms with E-state index in [2.05, 4.69) is 53.3 Å². The van der Waals surface area contributed by atoms with Crippen LogP contribution in [0, 0.1) is 5.92 Å². The van der Waals surface area contributed by atoms with Gasteiger partial charge in [0.1, 0.15) is 0 Å². The van der Waals surface area contributed by atoms with Gasteiger partial charge in [-0.15, -0.1) is 0 Å². The van der Waals surface area contributed by atoms with Crippen molar-refractivity contribution in [1.29, 1.82) is 0 Å². The third-order valence-electron chi connectivity index (χ3n) is 5.55. The standard InChI is InChI=1S/C24H29NO3/c1-28-24(27)9-5-8-23(26)25-16-14-20(15-17-25)18-19-10-12-22(13-11-19)21-6-3-2-4-7-21/h2-4,6-7,10-13,20H,5,8-9,14-18H2,1H3. The number of amides is 1. The molecule has 1 saturated heterocycles. The summed E-state index contributed by atoms with van der Waals surface area (Å²) in [7, 11) is 1.38. The lowest BCUT2D eigenvalue weighted by atomic mass is 9.89. The van der Waals surface area contributed by atoms with E-state index in [1.54, 1.807) is 0 Å². The van der Waals surface area contributed by atoms with Gasteiger partial charge >= 0.3 is 5.97 Å². The van der Waals surface area contributed by atoms with Crippen molar-refractivity contribution in [2.45, 2.75) is 38.5 Å². The molecule has 0 bridgehead atoms. The molecule has 0 unspecified atom stereocenters. The number of rotatable bonds is 7. The minimum absolute atomic E-state index is 0.162. The van der Waals surface area contributed by atoms with Crippen LogP contribution in [0.2, 0.25) is 0 Å². The van der Waals surface area contributed by atoms with E-state index in [9.17, 15) is 9.59 Å². The normalized spacial score (nSPS) is 14.7. The van der Waals surface area contributed by atoms with Crippen molar-refractivity contribution in [3.63, 3.8) is 0 Å². The molecular weight excluding hydrogens is 350 g/mol. The van der Waals surface area contributed by atoms with Gasteiger partial charge in [0.05, 0.1) is 7.11 Å². The minimum atomic E-state index is -0.246. The molecule has 0 saturated carbocycles. The highest BCUT2D eigenvalue weighted by Gasteiger charge is 2.22. The van der Waals surface area contributed by atoms with Crippen LogP contribution in [0.4, 0.5) is 0 Å². The van der Waals surface area contributed by atoms with Gasteiger partial charge in [0.25, 0.3) is 0 Å². The second-order valence-electron chi connectivity index (χ2n) is 7.52. The highest BCUT2D eigenvalue weighted by atomic mass is 16.5. The van der Waals surface area contributed by atoms with Crippen LogP contribution in [0.25, 0.3) is 11.1 Å². The molecule has 1 heterocycles. The summed E-state index contributed by atoms with van der Waals surface area (Å²) in [6, 6.07) is 19.3. The summed E-state index contributed by atoms with van der Waals surface area (Å²) >= 11 is 0. The van der Waals surface area contributed by atoms with Crippen LogP contribution < -0.4 is 0 Å². The lowest BCUT2D eigenvalue weighted by Gasteiger charge is -2.32. The predicted octanol–water partition coefficient (Wildman–Crippen LogP) is 4.48. The van der Waals surface area contributed by atoms with Crippen LogP contribution in [0.15, 0.2) is 54.6 Å². The Morgan fingerprint density at radius 3 is 2.21 bits per heavy atom. The van der Waals surface area contributed by atoms with Gasteiger partial charge in [-0.3, -0.25) is 9.59 Å². The van der Waals surface area contributed by atoms with Crippen LogP contribution >= 0.6 is 0 Å². The number of piperidine rings is 1. The predicted molar refractivity (Wildman–Crippen MR) is 111 cm³/mol. The average molecular weight is 380 g/mol. The molecule has 1 aliphatic rings. The molecule has 2 aromatic rings. The number of hydrogen-bond acceptors (Lipinski definition) is 3. The van der Waals surface area contributed by atoms with Gasteiger partial charge in [0.2, 0.25) is 5.91 Å². The van der Waals surface area contributed by atoms with Crippen molar-refractivity contribution in [3.8, 4) is 11.1 Å². The largest absolute Gasteiger partial charge is 0.469 e. The molecule has 1 amide bonds. The SMILES string of the molecule is COC(=O)CCCC(=O)N1CCC(Cc2ccc(-c3ccccc3)cc2)CC1. The zero-order chi connectivity index (χ0) is 19.8. The molecule has 4 nitrogen and oxygen atoms in total. The second-order valence-corrected chi connectivity index (χ2v) is 7.52. The van der Waals surface area contributed by atoms with Crippen molar-refractivity contribution in [2.24, 2.45) is 5.92 Å². The first-order chi connectivity index (χ1) is 13.7. The lowest BCUT2D eigenvalue weighted by molar-refractivity contribution is -0.141. The summed E-state index contributed by atoms with van der Waals surface area (Å²) in [5.41, 5.74) is 3.85. The van der Waals surface area contributed by atoms with Crippen molar-refractivity contribution in [1.82, 2.24) is 4.90 Å². The van der Waals surface area contributed by atoms with E-state index < -0.39 is 0 Å². The molecule has 0 atom stereocenters. The van der Waals surface area contributed by atoms with Crippen LogP contribution in [0.3, 0.4) is 0 Å². The Labute approximate surface area is 167 Å². The van der Waals surface area contributed by atoms with E-state index in [0.29, 0.717) is 25.2 Å². The van der Waals surface area contributed by atoms with E-state index in [-0.39, 0.29) is 11.9 Å². The number of carbonyl (C=O) groups is 2. The molecule has 3 rings (SSSR count). The molecule has 1 fully saturated rings. The summed E-state index contributed by atoms with van der Waals surface area (Å²) in [4.78, 5) is 25.4. The van der Waals surface area contributed by atoms with Crippen LogP contribution in [0.5, 0.6) is 0 Å². The molecule has 4 heteroatoms. The Balaban J connectivity index is 1.43. The Bertz CT molecular complexity index is 762. The molecule has 0 aromatic heterocycles. The summed E-state index contributed by atoms with van der Waals surface area (Å²) in [5.74, 6) is 0.543. The Hall–Kier alpha value is -2.62. The number of ether oxygens (including phenoxy) is 1. The summed E-state index contributed by atoms with van der Waals surface area (Å²) < 4.78 is 4.62. The van der Waals surface area contributed by atoms with E-state index >= 15 is 0 Å². The van der Waals surface area contributed by atoms with E-state index in [4.69, 9.17) is 0 Å². The molecule has 0 radical (unpaired) electrons. The maximum atomic E-state index is 12.3. The number of likely N-dealkylation sites (tertiary alicyclic amines) is 1. The van der Waals surface area contributed by atoms with Gasteiger partial charge < -0.3 is 9.64 Å². The van der Waals surface area contributed by atoms with Crippen molar-refractivity contribution in [2.75, 3.05) is 20.2 Å². The van der Waals surface area contributed by atoms with E-state index in [1.807, 2.05) is 11.0 Å². The topological polar surface area (TPSA) is 46.6 Å². The number of methoxy groups -OCH3 is 1. The first-order valence-corrected chi connectivity index (χ1v) is 10.1. The molecule has 0 N–H and O–H groups in total. The molecule has 0 aliphatic carbocycles. The number of esters is 1. The highest BCUT2D eigenvalue weighted by molar-refractivity contribution is 5.77. The molecule has 148 valence electrons.